The van der Waals surface area contributed by atoms with Gasteiger partial charge in [-0.25, -0.2) is 0 Å². The van der Waals surface area contributed by atoms with Gasteiger partial charge in [0.05, 0.1) is 19.8 Å². The van der Waals surface area contributed by atoms with Crippen LogP contribution in [0.1, 0.15) is 15.9 Å². The molecule has 0 bridgehead atoms. The molecule has 166 valence electrons. The molecule has 0 fully saturated rings. The first-order valence-electron chi connectivity index (χ1n) is 9.52. The molecule has 3 rings (SSSR count). The lowest BCUT2D eigenvalue weighted by Crippen LogP contribution is -2.10. The van der Waals surface area contributed by atoms with Gasteiger partial charge in [-0.3, -0.25) is 4.79 Å². The van der Waals surface area contributed by atoms with Crippen molar-refractivity contribution in [3.05, 3.63) is 47.5 Å². The summed E-state index contributed by atoms with van der Waals surface area (Å²) in [5.74, 6) is 2.51. The number of ketones is 1. The van der Waals surface area contributed by atoms with Gasteiger partial charge in [0.15, 0.2) is 17.3 Å². The third-order valence-corrected chi connectivity index (χ3v) is 5.10. The van der Waals surface area contributed by atoms with Crippen LogP contribution >= 0.6 is 47.8 Å². The Bertz CT molecular complexity index is 902. The van der Waals surface area contributed by atoms with Gasteiger partial charge in [0.25, 0.3) is 0 Å². The fourth-order valence-electron chi connectivity index (χ4n) is 2.85. The molecule has 0 spiro atoms. The molecule has 0 atom stereocenters. The molecule has 0 aliphatic carbocycles. The number of carbonyl (C=O) groups is 1. The number of alkyl halides is 3. The Balaban J connectivity index is 1.92. The lowest BCUT2D eigenvalue weighted by atomic mass is 10.1. The highest BCUT2D eigenvalue weighted by atomic mass is 79.9. The molecule has 1 aliphatic heterocycles. The number of benzene rings is 2. The molecular weight excluding hydrogens is 600 g/mol. The van der Waals surface area contributed by atoms with Gasteiger partial charge >= 0.3 is 0 Å². The second kappa shape index (κ2) is 12.4. The highest BCUT2D eigenvalue weighted by Crippen LogP contribution is 2.36. The third kappa shape index (κ3) is 6.63. The predicted octanol–water partition coefficient (Wildman–Crippen LogP) is 5.63. The minimum atomic E-state index is -0.237. The number of allylic oxidation sites excluding steroid dienone is 1. The SMILES string of the molecule is O=C(/C=C/c1ccc2c(c1)OCO2)c1c(OCCBr)cc(OCCBr)cc1OCCBr. The molecule has 0 saturated heterocycles. The smallest absolute Gasteiger partial charge is 0.231 e. The largest absolute Gasteiger partial charge is 0.492 e. The Morgan fingerprint density at radius 1 is 0.871 bits per heavy atom. The molecule has 0 unspecified atom stereocenters. The summed E-state index contributed by atoms with van der Waals surface area (Å²) in [6.45, 7) is 1.47. The van der Waals surface area contributed by atoms with Crippen molar-refractivity contribution in [1.82, 2.24) is 0 Å². The number of hydrogen-bond acceptors (Lipinski definition) is 6. The summed E-state index contributed by atoms with van der Waals surface area (Å²) < 4.78 is 28.1. The van der Waals surface area contributed by atoms with Crippen molar-refractivity contribution in [3.63, 3.8) is 0 Å². The summed E-state index contributed by atoms with van der Waals surface area (Å²) in [6.07, 6.45) is 3.22. The Kier molecular flexibility index (Phi) is 9.54. The molecule has 9 heteroatoms. The van der Waals surface area contributed by atoms with E-state index >= 15 is 0 Å². The van der Waals surface area contributed by atoms with E-state index in [4.69, 9.17) is 23.7 Å². The van der Waals surface area contributed by atoms with Crippen LogP contribution in [0.4, 0.5) is 0 Å². The summed E-state index contributed by atoms with van der Waals surface area (Å²) >= 11 is 10.1. The van der Waals surface area contributed by atoms with Gasteiger partial charge in [-0.05, 0) is 23.8 Å². The first-order valence-corrected chi connectivity index (χ1v) is 12.9. The summed E-state index contributed by atoms with van der Waals surface area (Å²) in [7, 11) is 0. The molecule has 0 amide bonds. The summed E-state index contributed by atoms with van der Waals surface area (Å²) in [4.78, 5) is 13.2. The van der Waals surface area contributed by atoms with Crippen LogP contribution in [0.15, 0.2) is 36.4 Å². The van der Waals surface area contributed by atoms with E-state index < -0.39 is 0 Å². The maximum atomic E-state index is 13.2. The number of hydrogen-bond donors (Lipinski definition) is 0. The lowest BCUT2D eigenvalue weighted by Gasteiger charge is -2.16. The van der Waals surface area contributed by atoms with Crippen molar-refractivity contribution >= 4 is 59.6 Å². The molecule has 0 radical (unpaired) electrons. The minimum Gasteiger partial charge on any atom is -0.492 e. The number of fused-ring (bicyclic) bond motifs is 1. The zero-order chi connectivity index (χ0) is 22.1. The molecule has 6 nitrogen and oxygen atoms in total. The van der Waals surface area contributed by atoms with Crippen LogP contribution < -0.4 is 23.7 Å². The van der Waals surface area contributed by atoms with Crippen molar-refractivity contribution in [1.29, 1.82) is 0 Å². The van der Waals surface area contributed by atoms with Crippen LogP contribution in [0.3, 0.4) is 0 Å². The topological polar surface area (TPSA) is 63.2 Å². The fourth-order valence-corrected chi connectivity index (χ4v) is 3.33. The van der Waals surface area contributed by atoms with Crippen LogP contribution in [-0.4, -0.2) is 48.4 Å². The van der Waals surface area contributed by atoms with E-state index in [9.17, 15) is 4.79 Å². The van der Waals surface area contributed by atoms with Gasteiger partial charge in [-0.15, -0.1) is 0 Å². The van der Waals surface area contributed by atoms with Crippen molar-refractivity contribution in [3.8, 4) is 28.7 Å². The summed E-state index contributed by atoms with van der Waals surface area (Å²) in [5.41, 5.74) is 1.17. The van der Waals surface area contributed by atoms with E-state index in [1.165, 1.54) is 6.08 Å². The van der Waals surface area contributed by atoms with Gasteiger partial charge in [0, 0.05) is 28.1 Å². The molecule has 1 heterocycles. The summed E-state index contributed by atoms with van der Waals surface area (Å²) in [6, 6.07) is 8.94. The molecule has 31 heavy (non-hydrogen) atoms. The Morgan fingerprint density at radius 3 is 2.13 bits per heavy atom. The fraction of sp³-hybridized carbons (Fsp3) is 0.318. The van der Waals surface area contributed by atoms with Gasteiger partial charge < -0.3 is 23.7 Å². The van der Waals surface area contributed by atoms with E-state index in [-0.39, 0.29) is 12.6 Å². The molecule has 0 N–H and O–H groups in total. The first-order chi connectivity index (χ1) is 15.2. The molecule has 1 aliphatic rings. The molecule has 2 aromatic carbocycles. The van der Waals surface area contributed by atoms with Crippen molar-refractivity contribution < 1.29 is 28.5 Å². The average Bonchev–Trinajstić information content (AvgIpc) is 3.26. The minimum absolute atomic E-state index is 0.202. The number of rotatable bonds is 12. The van der Waals surface area contributed by atoms with Gasteiger partial charge in [0.1, 0.15) is 22.8 Å². The standard InChI is InChI=1S/C22H21Br3O6/c23-5-8-27-16-12-20(28-9-6-24)22(21(13-16)29-10-7-25)17(26)3-1-15-2-4-18-19(11-15)31-14-30-18/h1-4,11-13H,5-10,14H2/b3-1+. The van der Waals surface area contributed by atoms with Crippen LogP contribution in [0, 0.1) is 0 Å². The van der Waals surface area contributed by atoms with E-state index in [2.05, 4.69) is 47.8 Å². The van der Waals surface area contributed by atoms with Gasteiger partial charge in [0.2, 0.25) is 6.79 Å². The van der Waals surface area contributed by atoms with Crippen LogP contribution in [-0.2, 0) is 0 Å². The van der Waals surface area contributed by atoms with Gasteiger partial charge in [-0.2, -0.15) is 0 Å². The van der Waals surface area contributed by atoms with E-state index in [0.717, 1.165) is 5.56 Å². The van der Waals surface area contributed by atoms with Crippen LogP contribution in [0.5, 0.6) is 28.7 Å². The third-order valence-electron chi connectivity index (χ3n) is 4.13. The van der Waals surface area contributed by atoms with Crippen LogP contribution in [0.2, 0.25) is 0 Å². The Hall–Kier alpha value is -1.71. The average molecular weight is 621 g/mol. The van der Waals surface area contributed by atoms with Gasteiger partial charge in [-0.1, -0.05) is 59.9 Å². The molecule has 0 saturated carbocycles. The molecular formula is C22H21Br3O6. The zero-order valence-electron chi connectivity index (χ0n) is 16.6. The number of carbonyl (C=O) groups excluding carboxylic acids is 1. The zero-order valence-corrected chi connectivity index (χ0v) is 21.3. The van der Waals surface area contributed by atoms with Crippen molar-refractivity contribution in [2.24, 2.45) is 0 Å². The molecule has 0 aromatic heterocycles. The summed E-state index contributed by atoms with van der Waals surface area (Å²) in [5, 5.41) is 1.93. The Morgan fingerprint density at radius 2 is 1.48 bits per heavy atom. The number of ether oxygens (including phenoxy) is 5. The highest BCUT2D eigenvalue weighted by molar-refractivity contribution is 9.09. The van der Waals surface area contributed by atoms with E-state index in [0.29, 0.717) is 70.1 Å². The monoisotopic (exact) mass is 618 g/mol. The van der Waals surface area contributed by atoms with E-state index in [1.54, 1.807) is 18.2 Å². The van der Waals surface area contributed by atoms with Crippen molar-refractivity contribution in [2.75, 3.05) is 42.6 Å². The molecule has 2 aromatic rings. The second-order valence-electron chi connectivity index (χ2n) is 6.22. The first kappa shape index (κ1) is 23.9. The van der Waals surface area contributed by atoms with Crippen molar-refractivity contribution in [2.45, 2.75) is 0 Å². The maximum absolute atomic E-state index is 13.2. The van der Waals surface area contributed by atoms with E-state index in [1.807, 2.05) is 18.2 Å². The Labute approximate surface area is 206 Å². The normalized spacial score (nSPS) is 12.2. The highest BCUT2D eigenvalue weighted by Gasteiger charge is 2.20. The quantitative estimate of drug-likeness (QED) is 0.174. The maximum Gasteiger partial charge on any atom is 0.231 e. The van der Waals surface area contributed by atoms with Crippen LogP contribution in [0.25, 0.3) is 6.08 Å². The number of halogens is 3. The predicted molar refractivity (Wildman–Crippen MR) is 130 cm³/mol. The second-order valence-corrected chi connectivity index (χ2v) is 8.60. The lowest BCUT2D eigenvalue weighted by molar-refractivity contribution is 0.104.